The molecule has 3 nitrogen and oxygen atoms in total. The molecule has 0 spiro atoms. The summed E-state index contributed by atoms with van der Waals surface area (Å²) in [5.74, 6) is -0.208. The van der Waals surface area contributed by atoms with Crippen molar-refractivity contribution < 1.29 is 14.1 Å². The van der Waals surface area contributed by atoms with E-state index in [9.17, 15) is 4.79 Å². The van der Waals surface area contributed by atoms with Crippen molar-refractivity contribution in [3.05, 3.63) is 30.1 Å². The molecule has 0 aromatic carbocycles. The number of nitrogens with zero attached hydrogens (tertiary/aromatic N) is 1. The number of hydrogen-bond donors (Lipinski definition) is 0. The molecule has 4 heteroatoms. The minimum absolute atomic E-state index is 0. The first-order chi connectivity index (χ1) is 12.7. The van der Waals surface area contributed by atoms with Crippen molar-refractivity contribution in [2.45, 2.75) is 96.8 Å². The summed E-state index contributed by atoms with van der Waals surface area (Å²) in [7, 11) is 1.93. The van der Waals surface area contributed by atoms with E-state index >= 15 is 0 Å². The summed E-state index contributed by atoms with van der Waals surface area (Å²) in [4.78, 5) is 11.9. The topological polar surface area (TPSA) is 30.2 Å². The van der Waals surface area contributed by atoms with E-state index < -0.39 is 0 Å². The standard InChI is InChI=1S/C23H40NO2.ClH/c1-3-4-5-6-7-8-9-10-11-12-13-14-15-16-21-26-23(25)22-17-19-24(2)20-18-22;/h17-20H,3-16,21H2,1-2H3;1H/q+1;. The predicted molar refractivity (Wildman–Crippen MR) is 115 cm³/mol. The van der Waals surface area contributed by atoms with E-state index in [1.165, 1.54) is 77.0 Å². The Morgan fingerprint density at radius 1 is 0.778 bits per heavy atom. The number of rotatable bonds is 16. The number of carbonyl (C=O) groups excluding carboxylic acids is 1. The molecule has 1 aromatic rings. The van der Waals surface area contributed by atoms with Crippen LogP contribution in [0, 0.1) is 0 Å². The Bertz CT molecular complexity index is 462. The molecule has 156 valence electrons. The minimum atomic E-state index is -0.208. The van der Waals surface area contributed by atoms with Crippen LogP contribution in [0.1, 0.15) is 107 Å². The van der Waals surface area contributed by atoms with Gasteiger partial charge in [-0.1, -0.05) is 90.4 Å². The molecule has 1 rings (SSSR count). The van der Waals surface area contributed by atoms with Crippen molar-refractivity contribution in [1.29, 1.82) is 0 Å². The van der Waals surface area contributed by atoms with Crippen molar-refractivity contribution in [3.63, 3.8) is 0 Å². The van der Waals surface area contributed by atoms with Crippen LogP contribution < -0.4 is 4.57 Å². The van der Waals surface area contributed by atoms with E-state index in [1.54, 1.807) is 12.1 Å². The van der Waals surface area contributed by atoms with Crippen LogP contribution in [0.25, 0.3) is 0 Å². The Morgan fingerprint density at radius 2 is 1.19 bits per heavy atom. The summed E-state index contributed by atoms with van der Waals surface area (Å²) in [6.45, 7) is 2.81. The van der Waals surface area contributed by atoms with Gasteiger partial charge in [0.05, 0.1) is 12.2 Å². The second-order valence-electron chi connectivity index (χ2n) is 7.48. The number of ether oxygens (including phenoxy) is 1. The van der Waals surface area contributed by atoms with Gasteiger partial charge in [0.2, 0.25) is 0 Å². The summed E-state index contributed by atoms with van der Waals surface area (Å²) in [5, 5.41) is 0. The Kier molecular flexibility index (Phi) is 17.5. The lowest BCUT2D eigenvalue weighted by atomic mass is 10.0. The molecule has 1 heterocycles. The lowest BCUT2D eigenvalue weighted by molar-refractivity contribution is -0.671. The smallest absolute Gasteiger partial charge is 0.338 e. The van der Waals surface area contributed by atoms with Crippen molar-refractivity contribution in [3.8, 4) is 0 Å². The number of esters is 1. The van der Waals surface area contributed by atoms with Gasteiger partial charge in [-0.05, 0) is 6.42 Å². The van der Waals surface area contributed by atoms with Gasteiger partial charge >= 0.3 is 5.97 Å². The van der Waals surface area contributed by atoms with Crippen molar-refractivity contribution in [2.24, 2.45) is 7.05 Å². The number of halogens is 1. The van der Waals surface area contributed by atoms with E-state index in [0.29, 0.717) is 12.2 Å². The van der Waals surface area contributed by atoms with Gasteiger partial charge in [0, 0.05) is 12.1 Å². The molecule has 0 aliphatic carbocycles. The van der Waals surface area contributed by atoms with Gasteiger partial charge in [0.1, 0.15) is 7.05 Å². The molecule has 0 bridgehead atoms. The SMILES string of the molecule is CCCCCCCCCCCCCCCCOC(=O)c1cc[n+](C)cc1.Cl. The number of aryl methyl sites for hydroxylation is 1. The Balaban J connectivity index is 0.00000676. The van der Waals surface area contributed by atoms with Gasteiger partial charge in [-0.3, -0.25) is 0 Å². The van der Waals surface area contributed by atoms with Gasteiger partial charge in [-0.25, -0.2) is 9.36 Å². The minimum Gasteiger partial charge on any atom is -0.462 e. The summed E-state index contributed by atoms with van der Waals surface area (Å²) >= 11 is 0. The third-order valence-electron chi connectivity index (χ3n) is 4.95. The number of carbonyl (C=O) groups is 1. The zero-order valence-electron chi connectivity index (χ0n) is 17.6. The summed E-state index contributed by atoms with van der Waals surface area (Å²) < 4.78 is 7.23. The van der Waals surface area contributed by atoms with Gasteiger partial charge in [0.25, 0.3) is 0 Å². The van der Waals surface area contributed by atoms with E-state index in [4.69, 9.17) is 4.74 Å². The van der Waals surface area contributed by atoms with Crippen LogP contribution in [0.3, 0.4) is 0 Å². The fourth-order valence-corrected chi connectivity index (χ4v) is 3.18. The van der Waals surface area contributed by atoms with Crippen molar-refractivity contribution >= 4 is 18.4 Å². The molecule has 0 N–H and O–H groups in total. The molecule has 1 aromatic heterocycles. The number of pyridine rings is 1. The molecule has 27 heavy (non-hydrogen) atoms. The zero-order valence-corrected chi connectivity index (χ0v) is 18.4. The Morgan fingerprint density at radius 3 is 1.63 bits per heavy atom. The molecule has 0 unspecified atom stereocenters. The average Bonchev–Trinajstić information content (AvgIpc) is 2.65. The lowest BCUT2D eigenvalue weighted by Gasteiger charge is -2.05. The quantitative estimate of drug-likeness (QED) is 0.179. The zero-order chi connectivity index (χ0) is 18.9. The summed E-state index contributed by atoms with van der Waals surface area (Å²) in [5.41, 5.74) is 0.633. The fraction of sp³-hybridized carbons (Fsp3) is 0.739. The van der Waals surface area contributed by atoms with Crippen molar-refractivity contribution in [2.75, 3.05) is 6.61 Å². The summed E-state index contributed by atoms with van der Waals surface area (Å²) in [6.07, 6.45) is 22.5. The highest BCUT2D eigenvalue weighted by Crippen LogP contribution is 2.13. The Hall–Kier alpha value is -1.09. The van der Waals surface area contributed by atoms with E-state index in [1.807, 2.05) is 24.0 Å². The van der Waals surface area contributed by atoms with Gasteiger partial charge < -0.3 is 4.74 Å². The lowest BCUT2D eigenvalue weighted by Crippen LogP contribution is -2.26. The van der Waals surface area contributed by atoms with E-state index in [0.717, 1.165) is 12.8 Å². The third kappa shape index (κ3) is 14.6. The Labute approximate surface area is 173 Å². The number of unbranched alkanes of at least 4 members (excludes halogenated alkanes) is 13. The van der Waals surface area contributed by atoms with Gasteiger partial charge in [-0.2, -0.15) is 0 Å². The third-order valence-corrected chi connectivity index (χ3v) is 4.95. The van der Waals surface area contributed by atoms with Crippen molar-refractivity contribution in [1.82, 2.24) is 0 Å². The molecule has 0 radical (unpaired) electrons. The molecule has 0 fully saturated rings. The first-order valence-corrected chi connectivity index (χ1v) is 10.9. The largest absolute Gasteiger partial charge is 0.462 e. The highest BCUT2D eigenvalue weighted by Gasteiger charge is 2.07. The molecule has 0 atom stereocenters. The van der Waals surface area contributed by atoms with Gasteiger partial charge in [0.15, 0.2) is 12.4 Å². The van der Waals surface area contributed by atoms with E-state index in [2.05, 4.69) is 6.92 Å². The van der Waals surface area contributed by atoms with Crippen LogP contribution in [0.15, 0.2) is 24.5 Å². The highest BCUT2D eigenvalue weighted by molar-refractivity contribution is 5.88. The van der Waals surface area contributed by atoms with Crippen LogP contribution in [-0.4, -0.2) is 12.6 Å². The van der Waals surface area contributed by atoms with Crippen LogP contribution in [0.2, 0.25) is 0 Å². The van der Waals surface area contributed by atoms with Crippen LogP contribution in [0.4, 0.5) is 0 Å². The van der Waals surface area contributed by atoms with Crippen LogP contribution in [0.5, 0.6) is 0 Å². The molecule has 0 aliphatic rings. The first-order valence-electron chi connectivity index (χ1n) is 10.9. The average molecular weight is 399 g/mol. The predicted octanol–water partition coefficient (Wildman–Crippen LogP) is 6.57. The maximum Gasteiger partial charge on any atom is 0.338 e. The fourth-order valence-electron chi connectivity index (χ4n) is 3.18. The molecule has 0 saturated heterocycles. The second kappa shape index (κ2) is 18.3. The molecule has 0 amide bonds. The van der Waals surface area contributed by atoms with Crippen LogP contribution >= 0.6 is 12.4 Å². The van der Waals surface area contributed by atoms with E-state index in [-0.39, 0.29) is 18.4 Å². The molecule has 0 aliphatic heterocycles. The maximum absolute atomic E-state index is 11.9. The number of aromatic nitrogens is 1. The second-order valence-corrected chi connectivity index (χ2v) is 7.48. The maximum atomic E-state index is 11.9. The normalized spacial score (nSPS) is 10.4. The molecular formula is C23H41ClNO2+. The first kappa shape index (κ1) is 25.9. The molecule has 0 saturated carbocycles. The van der Waals surface area contributed by atoms with Gasteiger partial charge in [-0.15, -0.1) is 12.4 Å². The molecular weight excluding hydrogens is 358 g/mol. The highest BCUT2D eigenvalue weighted by atomic mass is 35.5. The van der Waals surface area contributed by atoms with Crippen LogP contribution in [-0.2, 0) is 11.8 Å². The summed E-state index contributed by atoms with van der Waals surface area (Å²) in [6, 6.07) is 3.60. The number of hydrogen-bond acceptors (Lipinski definition) is 2. The monoisotopic (exact) mass is 398 g/mol.